The molecule has 0 radical (unpaired) electrons. The summed E-state index contributed by atoms with van der Waals surface area (Å²) >= 11 is 0. The second-order valence-electron chi connectivity index (χ2n) is 6.09. The molecule has 6 nitrogen and oxygen atoms in total. The molecule has 3 aromatic rings. The Morgan fingerprint density at radius 3 is 2.58 bits per heavy atom. The lowest BCUT2D eigenvalue weighted by Crippen LogP contribution is -2.41. The first-order valence-corrected chi connectivity index (χ1v) is 8.52. The summed E-state index contributed by atoms with van der Waals surface area (Å²) in [4.78, 5) is 23.5. The van der Waals surface area contributed by atoms with E-state index in [9.17, 15) is 4.79 Å². The Kier molecular flexibility index (Phi) is 4.50. The van der Waals surface area contributed by atoms with Gasteiger partial charge in [-0.3, -0.25) is 9.78 Å². The molecular formula is C20H19N3O3. The number of aromatic nitrogens is 2. The van der Waals surface area contributed by atoms with Gasteiger partial charge in [0, 0.05) is 36.4 Å². The lowest BCUT2D eigenvalue weighted by atomic mass is 10.0. The highest BCUT2D eigenvalue weighted by Crippen LogP contribution is 2.28. The summed E-state index contributed by atoms with van der Waals surface area (Å²) in [6.45, 7) is 2.33. The van der Waals surface area contributed by atoms with Crippen molar-refractivity contribution in [3.8, 4) is 16.9 Å². The number of methoxy groups -OCH3 is 1. The van der Waals surface area contributed by atoms with E-state index in [4.69, 9.17) is 9.47 Å². The normalized spacial score (nSPS) is 14.4. The van der Waals surface area contributed by atoms with Crippen LogP contribution in [-0.4, -0.2) is 54.2 Å². The summed E-state index contributed by atoms with van der Waals surface area (Å²) < 4.78 is 10.5. The number of pyridine rings is 2. The van der Waals surface area contributed by atoms with Crippen molar-refractivity contribution in [2.24, 2.45) is 0 Å². The zero-order valence-electron chi connectivity index (χ0n) is 14.5. The molecule has 4 rings (SSSR count). The number of hydrogen-bond acceptors (Lipinski definition) is 5. The van der Waals surface area contributed by atoms with Crippen LogP contribution in [0, 0.1) is 0 Å². The van der Waals surface area contributed by atoms with E-state index in [1.807, 2.05) is 30.3 Å². The molecule has 26 heavy (non-hydrogen) atoms. The fourth-order valence-corrected chi connectivity index (χ4v) is 3.07. The van der Waals surface area contributed by atoms with Crippen LogP contribution in [0.25, 0.3) is 22.0 Å². The van der Waals surface area contributed by atoms with Crippen molar-refractivity contribution in [1.82, 2.24) is 14.9 Å². The molecule has 6 heteroatoms. The number of morpholine rings is 1. The number of amides is 1. The number of carbonyl (C=O) groups excluding carboxylic acids is 1. The molecule has 1 fully saturated rings. The van der Waals surface area contributed by atoms with E-state index in [0.717, 1.165) is 27.8 Å². The Labute approximate surface area is 151 Å². The lowest BCUT2D eigenvalue weighted by Gasteiger charge is -2.26. The van der Waals surface area contributed by atoms with Crippen molar-refractivity contribution in [2.75, 3.05) is 33.4 Å². The van der Waals surface area contributed by atoms with Crippen molar-refractivity contribution in [2.45, 2.75) is 0 Å². The molecule has 1 aliphatic rings. The van der Waals surface area contributed by atoms with E-state index in [1.54, 1.807) is 30.5 Å². The zero-order valence-corrected chi connectivity index (χ0v) is 14.5. The summed E-state index contributed by atoms with van der Waals surface area (Å²) in [5.41, 5.74) is 3.08. The van der Waals surface area contributed by atoms with Gasteiger partial charge < -0.3 is 14.4 Å². The predicted molar refractivity (Wildman–Crippen MR) is 98.2 cm³/mol. The Bertz CT molecular complexity index is 935. The quantitative estimate of drug-likeness (QED) is 0.727. The van der Waals surface area contributed by atoms with E-state index in [0.29, 0.717) is 32.0 Å². The van der Waals surface area contributed by atoms with Crippen LogP contribution in [0.1, 0.15) is 10.5 Å². The van der Waals surface area contributed by atoms with Gasteiger partial charge in [0.25, 0.3) is 5.91 Å². The Morgan fingerprint density at radius 2 is 1.85 bits per heavy atom. The Morgan fingerprint density at radius 1 is 1.08 bits per heavy atom. The van der Waals surface area contributed by atoms with Gasteiger partial charge in [0.15, 0.2) is 0 Å². The molecular weight excluding hydrogens is 330 g/mol. The molecule has 0 saturated carbocycles. The average Bonchev–Trinajstić information content (AvgIpc) is 2.73. The standard InChI is InChI=1S/C20H19N3O3/c1-25-16-5-2-14(3-6-16)17-13-21-12-15-4-7-18(22-19(15)17)20(24)23-8-10-26-11-9-23/h2-7,12-13H,8-11H2,1H3. The van der Waals surface area contributed by atoms with Crippen molar-refractivity contribution < 1.29 is 14.3 Å². The third-order valence-electron chi connectivity index (χ3n) is 4.52. The van der Waals surface area contributed by atoms with Crippen molar-refractivity contribution in [3.05, 3.63) is 54.5 Å². The van der Waals surface area contributed by atoms with Gasteiger partial charge in [-0.05, 0) is 29.8 Å². The molecule has 3 heterocycles. The fourth-order valence-electron chi connectivity index (χ4n) is 3.07. The summed E-state index contributed by atoms with van der Waals surface area (Å²) in [6, 6.07) is 11.4. The second kappa shape index (κ2) is 7.09. The minimum absolute atomic E-state index is 0.0623. The van der Waals surface area contributed by atoms with Gasteiger partial charge in [0.05, 0.1) is 25.8 Å². The maximum absolute atomic E-state index is 12.8. The van der Waals surface area contributed by atoms with Gasteiger partial charge in [-0.2, -0.15) is 0 Å². The summed E-state index contributed by atoms with van der Waals surface area (Å²) in [5, 5.41) is 0.900. The molecule has 2 aromatic heterocycles. The van der Waals surface area contributed by atoms with E-state index < -0.39 is 0 Å². The smallest absolute Gasteiger partial charge is 0.272 e. The van der Waals surface area contributed by atoms with Gasteiger partial charge in [-0.15, -0.1) is 0 Å². The third kappa shape index (κ3) is 3.11. The molecule has 0 N–H and O–H groups in total. The highest BCUT2D eigenvalue weighted by atomic mass is 16.5. The van der Waals surface area contributed by atoms with Gasteiger partial charge in [-0.1, -0.05) is 12.1 Å². The number of benzene rings is 1. The third-order valence-corrected chi connectivity index (χ3v) is 4.52. The molecule has 0 atom stereocenters. The average molecular weight is 349 g/mol. The maximum Gasteiger partial charge on any atom is 0.272 e. The fraction of sp³-hybridized carbons (Fsp3) is 0.250. The molecule has 0 unspecified atom stereocenters. The molecule has 1 amide bonds. The Balaban J connectivity index is 1.75. The van der Waals surface area contributed by atoms with E-state index in [1.165, 1.54) is 0 Å². The van der Waals surface area contributed by atoms with Crippen molar-refractivity contribution in [1.29, 1.82) is 0 Å². The van der Waals surface area contributed by atoms with E-state index in [-0.39, 0.29) is 5.91 Å². The van der Waals surface area contributed by atoms with E-state index >= 15 is 0 Å². The van der Waals surface area contributed by atoms with Crippen LogP contribution in [0.5, 0.6) is 5.75 Å². The zero-order chi connectivity index (χ0) is 17.9. The number of rotatable bonds is 3. The maximum atomic E-state index is 12.8. The molecule has 132 valence electrons. The largest absolute Gasteiger partial charge is 0.497 e. The molecule has 0 aliphatic carbocycles. The first-order chi connectivity index (χ1) is 12.8. The molecule has 1 aromatic carbocycles. The molecule has 0 spiro atoms. The predicted octanol–water partition coefficient (Wildman–Crippen LogP) is 2.78. The summed E-state index contributed by atoms with van der Waals surface area (Å²) in [6.07, 6.45) is 3.54. The Hall–Kier alpha value is -2.99. The topological polar surface area (TPSA) is 64.5 Å². The number of carbonyl (C=O) groups is 1. The van der Waals surface area contributed by atoms with Crippen molar-refractivity contribution in [3.63, 3.8) is 0 Å². The van der Waals surface area contributed by atoms with E-state index in [2.05, 4.69) is 9.97 Å². The number of nitrogens with zero attached hydrogens (tertiary/aromatic N) is 3. The van der Waals surface area contributed by atoms with Crippen molar-refractivity contribution >= 4 is 16.8 Å². The number of fused-ring (bicyclic) bond motifs is 1. The van der Waals surface area contributed by atoms with Gasteiger partial charge in [0.2, 0.25) is 0 Å². The molecule has 0 bridgehead atoms. The first kappa shape index (κ1) is 16.5. The number of ether oxygens (including phenoxy) is 2. The van der Waals surface area contributed by atoms with Gasteiger partial charge in [-0.25, -0.2) is 4.98 Å². The van der Waals surface area contributed by atoms with Crippen LogP contribution in [0.2, 0.25) is 0 Å². The monoisotopic (exact) mass is 349 g/mol. The van der Waals surface area contributed by atoms with Crippen LogP contribution < -0.4 is 4.74 Å². The lowest BCUT2D eigenvalue weighted by molar-refractivity contribution is 0.0299. The molecule has 1 aliphatic heterocycles. The minimum Gasteiger partial charge on any atom is -0.497 e. The second-order valence-corrected chi connectivity index (χ2v) is 6.09. The van der Waals surface area contributed by atoms with Gasteiger partial charge >= 0.3 is 0 Å². The molecule has 1 saturated heterocycles. The first-order valence-electron chi connectivity index (χ1n) is 8.52. The van der Waals surface area contributed by atoms with Crippen LogP contribution in [0.15, 0.2) is 48.8 Å². The number of hydrogen-bond donors (Lipinski definition) is 0. The van der Waals surface area contributed by atoms with Crippen LogP contribution in [-0.2, 0) is 4.74 Å². The minimum atomic E-state index is -0.0623. The van der Waals surface area contributed by atoms with Gasteiger partial charge in [0.1, 0.15) is 11.4 Å². The van der Waals surface area contributed by atoms with Crippen LogP contribution in [0.4, 0.5) is 0 Å². The highest BCUT2D eigenvalue weighted by Gasteiger charge is 2.20. The highest BCUT2D eigenvalue weighted by molar-refractivity contribution is 5.98. The van der Waals surface area contributed by atoms with Crippen LogP contribution >= 0.6 is 0 Å². The summed E-state index contributed by atoms with van der Waals surface area (Å²) in [5.74, 6) is 0.728. The van der Waals surface area contributed by atoms with Crippen LogP contribution in [0.3, 0.4) is 0 Å². The SMILES string of the molecule is COc1ccc(-c2cncc3ccc(C(=O)N4CCOCC4)nc23)cc1. The summed E-state index contributed by atoms with van der Waals surface area (Å²) in [7, 11) is 1.64.